The Hall–Kier alpha value is -3.62. The van der Waals surface area contributed by atoms with Crippen LogP contribution in [0.4, 0.5) is 4.79 Å². The standard InChI is InChI=1S/C37H46ClN3O5/c1-37(2,29-13-8-14-30(38)22-29)33(27-16-15-25-11-6-7-12-26(25)20-27)46-36(45)41-32(19-24-9-4-3-5-10-24)35(44)40-31(23-42)21-28-17-18-39-34(28)43/h6-8,11-16,20,22,24,28,31-33,42H,3-5,9-10,17-19,21,23H2,1-2H3,(H,39,43)(H,40,44)(H,41,45)/t28-,31-,32-,33?/m0/s1. The Balaban J connectivity index is 1.39. The van der Waals surface area contributed by atoms with Gasteiger partial charge in [0.25, 0.3) is 0 Å². The van der Waals surface area contributed by atoms with Gasteiger partial charge in [0.15, 0.2) is 0 Å². The van der Waals surface area contributed by atoms with Crippen LogP contribution in [0.15, 0.2) is 66.7 Å². The molecule has 3 aromatic carbocycles. The molecule has 1 heterocycles. The molecule has 1 saturated carbocycles. The van der Waals surface area contributed by atoms with Crippen molar-refractivity contribution in [3.63, 3.8) is 0 Å². The number of ether oxygens (including phenoxy) is 1. The minimum absolute atomic E-state index is 0.0600. The van der Waals surface area contributed by atoms with Gasteiger partial charge in [0.2, 0.25) is 11.8 Å². The van der Waals surface area contributed by atoms with Gasteiger partial charge in [-0.15, -0.1) is 0 Å². The van der Waals surface area contributed by atoms with Crippen LogP contribution in [0.5, 0.6) is 0 Å². The molecule has 1 aliphatic heterocycles. The number of hydrogen-bond acceptors (Lipinski definition) is 5. The molecule has 3 amide bonds. The molecular weight excluding hydrogens is 602 g/mol. The van der Waals surface area contributed by atoms with Crippen molar-refractivity contribution in [3.8, 4) is 0 Å². The predicted molar refractivity (Wildman–Crippen MR) is 181 cm³/mol. The number of fused-ring (bicyclic) bond motifs is 1. The lowest BCUT2D eigenvalue weighted by atomic mass is 9.76. The van der Waals surface area contributed by atoms with E-state index in [1.54, 1.807) is 0 Å². The molecular formula is C37H46ClN3O5. The van der Waals surface area contributed by atoms with E-state index in [2.05, 4.69) is 16.0 Å². The molecule has 4 N–H and O–H groups in total. The summed E-state index contributed by atoms with van der Waals surface area (Å²) in [4.78, 5) is 39.7. The van der Waals surface area contributed by atoms with Gasteiger partial charge >= 0.3 is 6.09 Å². The zero-order valence-corrected chi connectivity index (χ0v) is 27.5. The SMILES string of the molecule is CC(C)(c1cccc(Cl)c1)C(OC(=O)N[C@@H](CC1CCCCC1)C(=O)N[C@H](CO)C[C@@H]1CCNC1=O)c1ccc2ccccc2c1. The highest BCUT2D eigenvalue weighted by Gasteiger charge is 2.38. The summed E-state index contributed by atoms with van der Waals surface area (Å²) < 4.78 is 6.29. The van der Waals surface area contributed by atoms with Crippen molar-refractivity contribution in [2.45, 2.75) is 88.8 Å². The molecule has 9 heteroatoms. The number of carbonyl (C=O) groups excluding carboxylic acids is 3. The van der Waals surface area contributed by atoms with Gasteiger partial charge in [-0.3, -0.25) is 9.59 Å². The molecule has 46 heavy (non-hydrogen) atoms. The maximum absolute atomic E-state index is 13.8. The zero-order chi connectivity index (χ0) is 32.7. The number of halogens is 1. The molecule has 4 atom stereocenters. The van der Waals surface area contributed by atoms with Crippen molar-refractivity contribution in [1.29, 1.82) is 0 Å². The minimum Gasteiger partial charge on any atom is -0.440 e. The van der Waals surface area contributed by atoms with E-state index < -0.39 is 29.7 Å². The van der Waals surface area contributed by atoms with Crippen LogP contribution in [0.25, 0.3) is 10.8 Å². The third-order valence-electron chi connectivity index (χ3n) is 9.73. The van der Waals surface area contributed by atoms with E-state index in [0.717, 1.165) is 47.6 Å². The molecule has 0 aromatic heterocycles. The fraction of sp³-hybridized carbons (Fsp3) is 0.486. The molecule has 3 aromatic rings. The van der Waals surface area contributed by atoms with Gasteiger partial charge in [0.05, 0.1) is 12.6 Å². The second-order valence-corrected chi connectivity index (χ2v) is 13.9. The first-order valence-corrected chi connectivity index (χ1v) is 16.9. The smallest absolute Gasteiger partial charge is 0.408 e. The van der Waals surface area contributed by atoms with Gasteiger partial charge in [0.1, 0.15) is 12.1 Å². The summed E-state index contributed by atoms with van der Waals surface area (Å²) in [5.41, 5.74) is 1.04. The summed E-state index contributed by atoms with van der Waals surface area (Å²) in [6.07, 6.45) is 5.43. The number of amides is 3. The third-order valence-corrected chi connectivity index (χ3v) is 9.96. The first kappa shape index (κ1) is 33.7. The summed E-state index contributed by atoms with van der Waals surface area (Å²) in [5, 5.41) is 21.4. The van der Waals surface area contributed by atoms with E-state index in [-0.39, 0.29) is 30.3 Å². The van der Waals surface area contributed by atoms with E-state index >= 15 is 0 Å². The van der Waals surface area contributed by atoms with Crippen LogP contribution in [-0.2, 0) is 19.7 Å². The molecule has 5 rings (SSSR count). The lowest BCUT2D eigenvalue weighted by Crippen LogP contribution is -2.52. The van der Waals surface area contributed by atoms with Crippen LogP contribution in [-0.4, -0.2) is 48.2 Å². The van der Waals surface area contributed by atoms with Crippen LogP contribution < -0.4 is 16.0 Å². The predicted octanol–water partition coefficient (Wildman–Crippen LogP) is 6.58. The average molecular weight is 648 g/mol. The molecule has 0 spiro atoms. The zero-order valence-electron chi connectivity index (χ0n) is 26.8. The molecule has 1 aliphatic carbocycles. The summed E-state index contributed by atoms with van der Waals surface area (Å²) in [5.74, 6) is -0.410. The average Bonchev–Trinajstić information content (AvgIpc) is 3.46. The highest BCUT2D eigenvalue weighted by atomic mass is 35.5. The number of hydrogen-bond donors (Lipinski definition) is 4. The minimum atomic E-state index is -0.853. The Labute approximate surface area is 276 Å². The highest BCUT2D eigenvalue weighted by Crippen LogP contribution is 2.41. The second kappa shape index (κ2) is 15.3. The second-order valence-electron chi connectivity index (χ2n) is 13.5. The van der Waals surface area contributed by atoms with Crippen LogP contribution in [0, 0.1) is 11.8 Å². The Kier molecular flexibility index (Phi) is 11.2. The summed E-state index contributed by atoms with van der Waals surface area (Å²) >= 11 is 6.39. The van der Waals surface area contributed by atoms with Gasteiger partial charge in [-0.1, -0.05) is 106 Å². The highest BCUT2D eigenvalue weighted by molar-refractivity contribution is 6.30. The van der Waals surface area contributed by atoms with Crippen molar-refractivity contribution in [2.24, 2.45) is 11.8 Å². The van der Waals surface area contributed by atoms with Crippen LogP contribution in [0.1, 0.15) is 82.4 Å². The van der Waals surface area contributed by atoms with Crippen molar-refractivity contribution in [2.75, 3.05) is 13.2 Å². The molecule has 246 valence electrons. The molecule has 1 saturated heterocycles. The Morgan fingerprint density at radius 2 is 1.72 bits per heavy atom. The monoisotopic (exact) mass is 647 g/mol. The van der Waals surface area contributed by atoms with E-state index in [1.165, 1.54) is 6.42 Å². The van der Waals surface area contributed by atoms with E-state index in [9.17, 15) is 19.5 Å². The fourth-order valence-corrected chi connectivity index (χ4v) is 7.20. The Bertz CT molecular complexity index is 1520. The number of alkyl carbamates (subject to hydrolysis) is 1. The maximum Gasteiger partial charge on any atom is 0.408 e. The third kappa shape index (κ3) is 8.39. The molecule has 2 fully saturated rings. The van der Waals surface area contributed by atoms with E-state index in [0.29, 0.717) is 30.8 Å². The summed E-state index contributed by atoms with van der Waals surface area (Å²) in [6.45, 7) is 4.33. The Morgan fingerprint density at radius 3 is 2.41 bits per heavy atom. The van der Waals surface area contributed by atoms with E-state index in [1.807, 2.05) is 80.6 Å². The number of rotatable bonds is 12. The van der Waals surface area contributed by atoms with E-state index in [4.69, 9.17) is 16.3 Å². The van der Waals surface area contributed by atoms with Crippen LogP contribution >= 0.6 is 11.6 Å². The number of benzene rings is 3. The quantitative estimate of drug-likeness (QED) is 0.177. The van der Waals surface area contributed by atoms with Crippen molar-refractivity contribution in [1.82, 2.24) is 16.0 Å². The van der Waals surface area contributed by atoms with Gasteiger partial charge < -0.3 is 25.8 Å². The number of nitrogens with one attached hydrogen (secondary N) is 3. The normalized spacial score (nSPS) is 19.2. The maximum atomic E-state index is 13.8. The Morgan fingerprint density at radius 1 is 0.957 bits per heavy atom. The number of aliphatic hydroxyl groups is 1. The van der Waals surface area contributed by atoms with Gasteiger partial charge in [-0.25, -0.2) is 4.79 Å². The van der Waals surface area contributed by atoms with Gasteiger partial charge in [-0.05, 0) is 65.3 Å². The summed E-state index contributed by atoms with van der Waals surface area (Å²) in [7, 11) is 0. The van der Waals surface area contributed by atoms with Crippen molar-refractivity contribution < 1.29 is 24.2 Å². The number of carbonyl (C=O) groups is 3. The van der Waals surface area contributed by atoms with Crippen LogP contribution in [0.2, 0.25) is 5.02 Å². The lowest BCUT2D eigenvalue weighted by Gasteiger charge is -2.35. The molecule has 2 aliphatic rings. The molecule has 1 unspecified atom stereocenters. The topological polar surface area (TPSA) is 117 Å². The molecule has 0 radical (unpaired) electrons. The first-order valence-electron chi connectivity index (χ1n) is 16.5. The molecule has 8 nitrogen and oxygen atoms in total. The van der Waals surface area contributed by atoms with Gasteiger partial charge in [0, 0.05) is 22.9 Å². The van der Waals surface area contributed by atoms with Crippen molar-refractivity contribution >= 4 is 40.3 Å². The fourth-order valence-electron chi connectivity index (χ4n) is 7.01. The van der Waals surface area contributed by atoms with Crippen LogP contribution in [0.3, 0.4) is 0 Å². The van der Waals surface area contributed by atoms with Gasteiger partial charge in [-0.2, -0.15) is 0 Å². The summed E-state index contributed by atoms with van der Waals surface area (Å²) in [6, 6.07) is 20.2. The largest absolute Gasteiger partial charge is 0.440 e. The molecule has 0 bridgehead atoms. The number of aliphatic hydroxyl groups excluding tert-OH is 1. The first-order chi connectivity index (χ1) is 22.1. The van der Waals surface area contributed by atoms with Crippen molar-refractivity contribution in [3.05, 3.63) is 82.9 Å². The lowest BCUT2D eigenvalue weighted by molar-refractivity contribution is -0.126.